The van der Waals surface area contributed by atoms with Crippen LogP contribution in [-0.4, -0.2) is 30.9 Å². The molecule has 2 aromatic rings. The Kier molecular flexibility index (Phi) is 7.01. The third kappa shape index (κ3) is 5.56. The van der Waals surface area contributed by atoms with E-state index in [2.05, 4.69) is 19.2 Å². The predicted octanol–water partition coefficient (Wildman–Crippen LogP) is 4.13. The van der Waals surface area contributed by atoms with E-state index in [1.54, 1.807) is 29.2 Å². The van der Waals surface area contributed by atoms with Crippen LogP contribution in [0, 0.1) is 0 Å². The third-order valence-corrected chi connectivity index (χ3v) is 4.90. The monoisotopic (exact) mass is 406 g/mol. The molecule has 6 heteroatoms. The van der Waals surface area contributed by atoms with Gasteiger partial charge in [-0.3, -0.25) is 9.59 Å². The van der Waals surface area contributed by atoms with Crippen LogP contribution in [0.4, 0.5) is 11.4 Å². The van der Waals surface area contributed by atoms with E-state index >= 15 is 0 Å². The van der Waals surface area contributed by atoms with Crippen LogP contribution in [0.5, 0.6) is 0 Å². The molecule has 6 nitrogen and oxygen atoms in total. The van der Waals surface area contributed by atoms with Gasteiger partial charge in [0, 0.05) is 19.0 Å². The minimum atomic E-state index is -0.596. The molecule has 0 saturated carbocycles. The molecule has 0 unspecified atom stereocenters. The molecule has 3 rings (SSSR count). The van der Waals surface area contributed by atoms with Gasteiger partial charge in [0.15, 0.2) is 6.61 Å². The highest BCUT2D eigenvalue weighted by Gasteiger charge is 2.24. The summed E-state index contributed by atoms with van der Waals surface area (Å²) in [5, 5.41) is 2.72. The fourth-order valence-electron chi connectivity index (χ4n) is 3.24. The lowest BCUT2D eigenvalue weighted by Gasteiger charge is -2.19. The van der Waals surface area contributed by atoms with Crippen molar-refractivity contribution in [3.8, 4) is 0 Å². The molecule has 1 heterocycles. The molecule has 1 aliphatic rings. The number of anilines is 2. The first-order valence-electron chi connectivity index (χ1n) is 10.1. The van der Waals surface area contributed by atoms with E-state index in [9.17, 15) is 14.4 Å². The van der Waals surface area contributed by atoms with Gasteiger partial charge in [-0.2, -0.15) is 0 Å². The highest BCUT2D eigenvalue weighted by atomic mass is 16.5. The van der Waals surface area contributed by atoms with Crippen molar-refractivity contribution in [2.45, 2.75) is 32.6 Å². The lowest BCUT2D eigenvalue weighted by Crippen LogP contribution is -2.26. The molecule has 0 aromatic heterocycles. The highest BCUT2D eigenvalue weighted by molar-refractivity contribution is 6.02. The minimum Gasteiger partial charge on any atom is -0.452 e. The van der Waals surface area contributed by atoms with Crippen molar-refractivity contribution in [3.63, 3.8) is 0 Å². The molecule has 0 bridgehead atoms. The van der Waals surface area contributed by atoms with Gasteiger partial charge in [0.2, 0.25) is 5.91 Å². The molecule has 2 amide bonds. The Balaban J connectivity index is 1.52. The Labute approximate surface area is 176 Å². The first-order valence-corrected chi connectivity index (χ1v) is 10.1. The van der Waals surface area contributed by atoms with Crippen LogP contribution in [0.15, 0.2) is 54.6 Å². The number of hydrogen-bond donors (Lipinski definition) is 1. The van der Waals surface area contributed by atoms with E-state index in [1.165, 1.54) is 11.6 Å². The second kappa shape index (κ2) is 9.87. The van der Waals surface area contributed by atoms with Gasteiger partial charge in [-0.1, -0.05) is 50.2 Å². The largest absolute Gasteiger partial charge is 0.452 e. The van der Waals surface area contributed by atoms with Crippen LogP contribution >= 0.6 is 0 Å². The molecule has 156 valence electrons. The van der Waals surface area contributed by atoms with Gasteiger partial charge in [-0.15, -0.1) is 0 Å². The maximum Gasteiger partial charge on any atom is 0.331 e. The topological polar surface area (TPSA) is 75.7 Å². The van der Waals surface area contributed by atoms with Gasteiger partial charge in [0.05, 0.1) is 11.4 Å². The summed E-state index contributed by atoms with van der Waals surface area (Å²) in [6.45, 7) is 4.46. The second-order valence-corrected chi connectivity index (χ2v) is 7.48. The summed E-state index contributed by atoms with van der Waals surface area (Å²) in [6.07, 6.45) is 4.25. The zero-order chi connectivity index (χ0) is 21.5. The quantitative estimate of drug-likeness (QED) is 0.554. The van der Waals surface area contributed by atoms with Crippen molar-refractivity contribution in [3.05, 3.63) is 65.7 Å². The number of esters is 1. The molecule has 1 saturated heterocycles. The summed E-state index contributed by atoms with van der Waals surface area (Å²) in [4.78, 5) is 37.8. The maximum atomic E-state index is 12.2. The van der Waals surface area contributed by atoms with E-state index in [0.29, 0.717) is 30.3 Å². The van der Waals surface area contributed by atoms with Crippen LogP contribution in [0.2, 0.25) is 0 Å². The molecule has 0 atom stereocenters. The van der Waals surface area contributed by atoms with E-state index in [0.717, 1.165) is 12.0 Å². The number of carbonyl (C=O) groups excluding carboxylic acids is 3. The number of ether oxygens (including phenoxy) is 1. The molecule has 1 N–H and O–H groups in total. The van der Waals surface area contributed by atoms with Crippen LogP contribution in [0.1, 0.15) is 43.7 Å². The number of rotatable bonds is 7. The predicted molar refractivity (Wildman–Crippen MR) is 117 cm³/mol. The van der Waals surface area contributed by atoms with Crippen molar-refractivity contribution in [2.75, 3.05) is 23.4 Å². The summed E-state index contributed by atoms with van der Waals surface area (Å²) in [5.41, 5.74) is 3.28. The van der Waals surface area contributed by atoms with E-state index in [4.69, 9.17) is 4.74 Å². The number of hydrogen-bond acceptors (Lipinski definition) is 4. The van der Waals surface area contributed by atoms with Crippen LogP contribution in [0.3, 0.4) is 0 Å². The first-order chi connectivity index (χ1) is 14.4. The lowest BCUT2D eigenvalue weighted by molar-refractivity contribution is -0.142. The third-order valence-electron chi connectivity index (χ3n) is 4.90. The zero-order valence-corrected chi connectivity index (χ0v) is 17.3. The van der Waals surface area contributed by atoms with E-state index in [1.807, 2.05) is 30.3 Å². The van der Waals surface area contributed by atoms with Crippen LogP contribution < -0.4 is 10.2 Å². The molecule has 2 aromatic carbocycles. The molecule has 0 radical (unpaired) electrons. The summed E-state index contributed by atoms with van der Waals surface area (Å²) < 4.78 is 5.03. The Bertz CT molecular complexity index is 948. The molecule has 0 aliphatic carbocycles. The molecule has 30 heavy (non-hydrogen) atoms. The Morgan fingerprint density at radius 1 is 1.13 bits per heavy atom. The SMILES string of the molecule is CC(C)c1ccc(/C=C/C(=O)OCC(=O)Nc2ccccc2N2CCCC2=O)cc1. The van der Waals surface area contributed by atoms with Crippen molar-refractivity contribution >= 4 is 35.2 Å². The Morgan fingerprint density at radius 2 is 1.87 bits per heavy atom. The van der Waals surface area contributed by atoms with Crippen molar-refractivity contribution < 1.29 is 19.1 Å². The maximum absolute atomic E-state index is 12.2. The number of nitrogens with one attached hydrogen (secondary N) is 1. The van der Waals surface area contributed by atoms with Crippen LogP contribution in [0.25, 0.3) is 6.08 Å². The van der Waals surface area contributed by atoms with Gasteiger partial charge in [-0.05, 0) is 41.7 Å². The molecule has 0 spiro atoms. The molecular formula is C24H26N2O4. The van der Waals surface area contributed by atoms with Gasteiger partial charge in [-0.25, -0.2) is 4.79 Å². The average molecular weight is 406 g/mol. The van der Waals surface area contributed by atoms with Gasteiger partial charge >= 0.3 is 5.97 Å². The standard InChI is InChI=1S/C24H26N2O4/c1-17(2)19-12-9-18(10-13-19)11-14-24(29)30-16-22(27)25-20-6-3-4-7-21(20)26-15-5-8-23(26)28/h3-4,6-7,9-14,17H,5,8,15-16H2,1-2H3,(H,25,27)/b14-11+. The minimum absolute atomic E-state index is 0.0368. The average Bonchev–Trinajstić information content (AvgIpc) is 3.17. The van der Waals surface area contributed by atoms with Crippen molar-refractivity contribution in [2.24, 2.45) is 0 Å². The summed E-state index contributed by atoms with van der Waals surface area (Å²) in [6, 6.07) is 15.0. The fraction of sp³-hybridized carbons (Fsp3) is 0.292. The second-order valence-electron chi connectivity index (χ2n) is 7.48. The van der Waals surface area contributed by atoms with Gasteiger partial charge in [0.1, 0.15) is 0 Å². The summed E-state index contributed by atoms with van der Waals surface area (Å²) >= 11 is 0. The summed E-state index contributed by atoms with van der Waals surface area (Å²) in [7, 11) is 0. The van der Waals surface area contributed by atoms with Gasteiger partial charge in [0.25, 0.3) is 5.91 Å². The number of nitrogens with zero attached hydrogens (tertiary/aromatic N) is 1. The van der Waals surface area contributed by atoms with Crippen molar-refractivity contribution in [1.82, 2.24) is 0 Å². The zero-order valence-electron chi connectivity index (χ0n) is 17.3. The first kappa shape index (κ1) is 21.3. The van der Waals surface area contributed by atoms with Gasteiger partial charge < -0.3 is 15.0 Å². The number of amides is 2. The Hall–Kier alpha value is -3.41. The van der Waals surface area contributed by atoms with E-state index < -0.39 is 18.5 Å². The molecule has 1 aliphatic heterocycles. The normalized spacial score (nSPS) is 13.8. The highest BCUT2D eigenvalue weighted by Crippen LogP contribution is 2.29. The lowest BCUT2D eigenvalue weighted by atomic mass is 10.0. The smallest absolute Gasteiger partial charge is 0.331 e. The Morgan fingerprint density at radius 3 is 2.53 bits per heavy atom. The summed E-state index contributed by atoms with van der Waals surface area (Å²) in [5.74, 6) is -0.576. The number of para-hydroxylation sites is 2. The number of benzene rings is 2. The fourth-order valence-corrected chi connectivity index (χ4v) is 3.24. The van der Waals surface area contributed by atoms with E-state index in [-0.39, 0.29) is 5.91 Å². The van der Waals surface area contributed by atoms with Crippen LogP contribution in [-0.2, 0) is 19.1 Å². The van der Waals surface area contributed by atoms with Crippen molar-refractivity contribution in [1.29, 1.82) is 0 Å². The number of carbonyl (C=O) groups is 3. The molecule has 1 fully saturated rings. The molecular weight excluding hydrogens is 380 g/mol.